The highest BCUT2D eigenvalue weighted by Gasteiger charge is 2.16. The molecule has 0 spiro atoms. The van der Waals surface area contributed by atoms with E-state index in [9.17, 15) is 0 Å². The van der Waals surface area contributed by atoms with Crippen molar-refractivity contribution in [3.05, 3.63) is 41.2 Å². The van der Waals surface area contributed by atoms with Crippen molar-refractivity contribution in [2.75, 3.05) is 38.2 Å². The summed E-state index contributed by atoms with van der Waals surface area (Å²) in [7, 11) is 0. The smallest absolute Gasteiger partial charge is 0.126 e. The second-order valence-corrected chi connectivity index (χ2v) is 8.32. The molecule has 2 aliphatic heterocycles. The first-order valence-electron chi connectivity index (χ1n) is 10.4. The van der Waals surface area contributed by atoms with Gasteiger partial charge < -0.3 is 15.4 Å². The Bertz CT molecular complexity index is 773. The largest absolute Gasteiger partial charge is 0.381 e. The van der Waals surface area contributed by atoms with Gasteiger partial charge in [0.25, 0.3) is 0 Å². The third-order valence-corrected chi connectivity index (χ3v) is 6.05. The lowest BCUT2D eigenvalue weighted by Crippen LogP contribution is -2.31. The number of ether oxygens (including phenoxy) is 1. The van der Waals surface area contributed by atoms with Crippen molar-refractivity contribution in [3.8, 4) is 11.3 Å². The van der Waals surface area contributed by atoms with Crippen molar-refractivity contribution in [3.63, 3.8) is 0 Å². The Labute approximate surface area is 172 Å². The first-order valence-corrected chi connectivity index (χ1v) is 10.8. The van der Waals surface area contributed by atoms with E-state index in [0.29, 0.717) is 16.9 Å². The number of pyridine rings is 2. The molecule has 2 fully saturated rings. The molecule has 0 unspecified atom stereocenters. The van der Waals surface area contributed by atoms with Crippen LogP contribution in [0.2, 0.25) is 5.02 Å². The molecule has 0 bridgehead atoms. The molecule has 2 saturated heterocycles. The van der Waals surface area contributed by atoms with Gasteiger partial charge >= 0.3 is 0 Å². The van der Waals surface area contributed by atoms with Crippen molar-refractivity contribution >= 4 is 17.4 Å². The maximum absolute atomic E-state index is 6.48. The van der Waals surface area contributed by atoms with Crippen molar-refractivity contribution in [1.29, 1.82) is 0 Å². The fourth-order valence-electron chi connectivity index (χ4n) is 4.07. The Kier molecular flexibility index (Phi) is 6.78. The Morgan fingerprint density at radius 1 is 1.18 bits per heavy atom. The number of hydrogen-bond acceptors (Lipinski definition) is 5. The van der Waals surface area contributed by atoms with Gasteiger partial charge in [-0.25, -0.2) is 4.98 Å². The fraction of sp³-hybridized carbons (Fsp3) is 0.545. The summed E-state index contributed by atoms with van der Waals surface area (Å²) in [4.78, 5) is 9.37. The highest BCUT2D eigenvalue weighted by atomic mass is 35.5. The van der Waals surface area contributed by atoms with Crippen LogP contribution in [0.5, 0.6) is 0 Å². The van der Waals surface area contributed by atoms with Gasteiger partial charge in [0.15, 0.2) is 0 Å². The van der Waals surface area contributed by atoms with Crippen LogP contribution in [0.4, 0.5) is 5.82 Å². The van der Waals surface area contributed by atoms with Gasteiger partial charge in [-0.1, -0.05) is 17.7 Å². The fourth-order valence-corrected chi connectivity index (χ4v) is 4.27. The molecule has 2 aromatic rings. The van der Waals surface area contributed by atoms with Gasteiger partial charge in [0.05, 0.1) is 10.7 Å². The monoisotopic (exact) mass is 400 g/mol. The minimum absolute atomic E-state index is 0.649. The third kappa shape index (κ3) is 5.22. The summed E-state index contributed by atoms with van der Waals surface area (Å²) in [6.45, 7) is 4.87. The van der Waals surface area contributed by atoms with Gasteiger partial charge in [-0.2, -0.15) is 0 Å². The van der Waals surface area contributed by atoms with Crippen LogP contribution in [0.1, 0.15) is 31.4 Å². The van der Waals surface area contributed by atoms with Crippen molar-refractivity contribution < 1.29 is 4.74 Å². The lowest BCUT2D eigenvalue weighted by molar-refractivity contribution is 0.0699. The van der Waals surface area contributed by atoms with E-state index < -0.39 is 0 Å². The molecule has 0 saturated carbocycles. The summed E-state index contributed by atoms with van der Waals surface area (Å²) in [6.07, 6.45) is 7.49. The van der Waals surface area contributed by atoms with Crippen LogP contribution in [0, 0.1) is 11.8 Å². The van der Waals surface area contributed by atoms with E-state index in [2.05, 4.69) is 21.7 Å². The van der Waals surface area contributed by atoms with Crippen LogP contribution in [-0.2, 0) is 11.2 Å². The summed E-state index contributed by atoms with van der Waals surface area (Å²) in [5.74, 6) is 2.20. The molecule has 2 aliphatic rings. The normalized spacial score (nSPS) is 20.8. The zero-order chi connectivity index (χ0) is 19.2. The van der Waals surface area contributed by atoms with Crippen LogP contribution in [0.3, 0.4) is 0 Å². The summed E-state index contributed by atoms with van der Waals surface area (Å²) >= 11 is 6.48. The summed E-state index contributed by atoms with van der Waals surface area (Å²) < 4.78 is 5.44. The van der Waals surface area contributed by atoms with E-state index in [1.165, 1.54) is 12.8 Å². The van der Waals surface area contributed by atoms with Crippen molar-refractivity contribution in [2.24, 2.45) is 11.8 Å². The molecule has 150 valence electrons. The molecule has 0 aliphatic carbocycles. The van der Waals surface area contributed by atoms with Crippen LogP contribution in [-0.4, -0.2) is 42.8 Å². The zero-order valence-electron chi connectivity index (χ0n) is 16.3. The van der Waals surface area contributed by atoms with E-state index in [1.54, 1.807) is 6.20 Å². The molecule has 4 heterocycles. The average molecular weight is 401 g/mol. The highest BCUT2D eigenvalue weighted by molar-refractivity contribution is 6.33. The van der Waals surface area contributed by atoms with Gasteiger partial charge in [0, 0.05) is 37.2 Å². The van der Waals surface area contributed by atoms with Gasteiger partial charge in [0.1, 0.15) is 5.82 Å². The number of hydrogen-bond donors (Lipinski definition) is 2. The van der Waals surface area contributed by atoms with Gasteiger partial charge in [-0.15, -0.1) is 0 Å². The van der Waals surface area contributed by atoms with Crippen LogP contribution in [0.15, 0.2) is 30.5 Å². The number of nitrogens with one attached hydrogen (secondary N) is 2. The molecule has 6 heteroatoms. The number of anilines is 1. The van der Waals surface area contributed by atoms with E-state index in [0.717, 1.165) is 74.9 Å². The molecule has 5 nitrogen and oxygen atoms in total. The molecule has 4 rings (SSSR count). The van der Waals surface area contributed by atoms with Crippen molar-refractivity contribution in [2.45, 2.75) is 32.1 Å². The lowest BCUT2D eigenvalue weighted by Gasteiger charge is -2.23. The summed E-state index contributed by atoms with van der Waals surface area (Å²) in [6, 6.07) is 8.19. The van der Waals surface area contributed by atoms with Crippen LogP contribution in [0.25, 0.3) is 11.3 Å². The molecule has 0 aromatic carbocycles. The predicted molar refractivity (Wildman–Crippen MR) is 114 cm³/mol. The predicted octanol–water partition coefficient (Wildman–Crippen LogP) is 4.18. The second-order valence-electron chi connectivity index (χ2n) is 7.92. The number of aromatic nitrogens is 2. The Morgan fingerprint density at radius 3 is 2.89 bits per heavy atom. The maximum atomic E-state index is 6.48. The molecule has 0 radical (unpaired) electrons. The van der Waals surface area contributed by atoms with Crippen LogP contribution < -0.4 is 10.6 Å². The summed E-state index contributed by atoms with van der Waals surface area (Å²) in [5.41, 5.74) is 2.95. The van der Waals surface area contributed by atoms with E-state index in [1.807, 2.05) is 18.2 Å². The number of piperidine rings is 1. The van der Waals surface area contributed by atoms with Crippen LogP contribution >= 0.6 is 11.6 Å². The van der Waals surface area contributed by atoms with Crippen molar-refractivity contribution in [1.82, 2.24) is 15.3 Å². The Hall–Kier alpha value is -1.69. The Morgan fingerprint density at radius 2 is 2.07 bits per heavy atom. The first-order chi connectivity index (χ1) is 13.8. The third-order valence-electron chi connectivity index (χ3n) is 5.75. The molecule has 2 N–H and O–H groups in total. The lowest BCUT2D eigenvalue weighted by atomic mass is 9.94. The van der Waals surface area contributed by atoms with E-state index in [-0.39, 0.29) is 0 Å². The minimum atomic E-state index is 0.649. The summed E-state index contributed by atoms with van der Waals surface area (Å²) in [5, 5.41) is 7.62. The topological polar surface area (TPSA) is 59.1 Å². The van der Waals surface area contributed by atoms with E-state index in [4.69, 9.17) is 21.3 Å². The number of rotatable bonds is 6. The SMILES string of the molecule is Clc1cnc(C[C@H]2CCCNC2)cc1-c1cccc(NCC2CCOCC2)n1. The quantitative estimate of drug-likeness (QED) is 0.761. The zero-order valence-corrected chi connectivity index (χ0v) is 17.0. The van der Waals surface area contributed by atoms with Gasteiger partial charge in [-0.3, -0.25) is 4.98 Å². The molecule has 0 amide bonds. The average Bonchev–Trinajstić information content (AvgIpc) is 2.75. The Balaban J connectivity index is 1.45. The standard InChI is InChI=1S/C22H29ClN4O/c23-20-15-25-18(11-17-3-2-8-24-13-17)12-19(20)21-4-1-5-22(27-21)26-14-16-6-9-28-10-7-16/h1,4-5,12,15-17,24H,2-3,6-11,13-14H2,(H,26,27)/t17-/m1/s1. The van der Waals surface area contributed by atoms with E-state index >= 15 is 0 Å². The molecule has 1 atom stereocenters. The maximum Gasteiger partial charge on any atom is 0.126 e. The molecule has 2 aromatic heterocycles. The minimum Gasteiger partial charge on any atom is -0.381 e. The van der Waals surface area contributed by atoms with Gasteiger partial charge in [-0.05, 0) is 75.2 Å². The van der Waals surface area contributed by atoms with Gasteiger partial charge in [0.2, 0.25) is 0 Å². The molecular weight excluding hydrogens is 372 g/mol. The number of halogens is 1. The first kappa shape index (κ1) is 19.6. The highest BCUT2D eigenvalue weighted by Crippen LogP contribution is 2.28. The second kappa shape index (κ2) is 9.68. The molecular formula is C22H29ClN4O. The number of nitrogens with zero attached hydrogens (tertiary/aromatic N) is 2. The molecule has 28 heavy (non-hydrogen) atoms.